The normalized spacial score (nSPS) is 39.0. The van der Waals surface area contributed by atoms with Crippen LogP contribution in [0.2, 0.25) is 0 Å². The minimum absolute atomic E-state index is 0.130. The number of ether oxygens (including phenoxy) is 1. The largest absolute Gasteiger partial charge is 0.390 e. The first kappa shape index (κ1) is 9.40. The van der Waals surface area contributed by atoms with Gasteiger partial charge in [-0.05, 0) is 12.6 Å². The van der Waals surface area contributed by atoms with E-state index in [1.807, 2.05) is 0 Å². The lowest BCUT2D eigenvalue weighted by Crippen LogP contribution is -2.41. The molecule has 4 heteroatoms. The topological polar surface area (TPSA) is 49.7 Å². The first-order valence-electron chi connectivity index (χ1n) is 3.92. The van der Waals surface area contributed by atoms with Gasteiger partial charge in [0.25, 0.3) is 0 Å². The monoisotopic (exact) mass is 178 g/mol. The highest BCUT2D eigenvalue weighted by atomic mass is 31.0. The SMILES string of the molecule is O[C@@H]1CO[C@H](CCP)C[C@@H]1O. The zero-order valence-electron chi connectivity index (χ0n) is 6.44. The van der Waals surface area contributed by atoms with Crippen LogP contribution in [0.4, 0.5) is 0 Å². The smallest absolute Gasteiger partial charge is 0.103 e. The second kappa shape index (κ2) is 4.36. The van der Waals surface area contributed by atoms with Crippen LogP contribution in [0.1, 0.15) is 12.8 Å². The molecule has 1 aliphatic rings. The molecule has 0 radical (unpaired) electrons. The molecule has 0 amide bonds. The van der Waals surface area contributed by atoms with Gasteiger partial charge in [-0.15, -0.1) is 9.24 Å². The summed E-state index contributed by atoms with van der Waals surface area (Å²) in [6.45, 7) is 0.274. The lowest BCUT2D eigenvalue weighted by molar-refractivity contribution is -0.120. The Labute approximate surface area is 69.0 Å². The molecule has 4 atom stereocenters. The summed E-state index contributed by atoms with van der Waals surface area (Å²) in [7, 11) is 2.62. The van der Waals surface area contributed by atoms with Gasteiger partial charge in [0, 0.05) is 6.42 Å². The molecule has 3 nitrogen and oxygen atoms in total. The number of hydrogen-bond donors (Lipinski definition) is 2. The van der Waals surface area contributed by atoms with Gasteiger partial charge in [-0.25, -0.2) is 0 Å². The quantitative estimate of drug-likeness (QED) is 0.574. The number of rotatable bonds is 2. The molecular formula is C7H15O3P. The van der Waals surface area contributed by atoms with Gasteiger partial charge in [-0.3, -0.25) is 0 Å². The Kier molecular flexibility index (Phi) is 3.73. The van der Waals surface area contributed by atoms with Crippen LogP contribution in [0.3, 0.4) is 0 Å². The number of aliphatic hydroxyl groups is 2. The summed E-state index contributed by atoms with van der Waals surface area (Å²) in [5, 5.41) is 18.3. The van der Waals surface area contributed by atoms with E-state index in [0.717, 1.165) is 12.6 Å². The minimum Gasteiger partial charge on any atom is -0.390 e. The predicted molar refractivity (Wildman–Crippen MR) is 45.6 cm³/mol. The third-order valence-corrected chi connectivity index (χ3v) is 2.27. The Hall–Kier alpha value is 0.310. The summed E-state index contributed by atoms with van der Waals surface area (Å²) >= 11 is 0. The third-order valence-electron chi connectivity index (χ3n) is 1.94. The van der Waals surface area contributed by atoms with Crippen molar-refractivity contribution in [1.82, 2.24) is 0 Å². The molecule has 1 heterocycles. The van der Waals surface area contributed by atoms with Gasteiger partial charge in [0.05, 0.1) is 18.8 Å². The van der Waals surface area contributed by atoms with Gasteiger partial charge < -0.3 is 14.9 Å². The molecule has 0 aromatic carbocycles. The maximum absolute atomic E-state index is 9.24. The first-order valence-corrected chi connectivity index (χ1v) is 4.73. The lowest BCUT2D eigenvalue weighted by atomic mass is 10.0. The van der Waals surface area contributed by atoms with E-state index in [2.05, 4.69) is 9.24 Å². The first-order chi connectivity index (χ1) is 5.24. The molecule has 1 fully saturated rings. The summed E-state index contributed by atoms with van der Waals surface area (Å²) < 4.78 is 5.28. The zero-order valence-corrected chi connectivity index (χ0v) is 7.60. The highest BCUT2D eigenvalue weighted by molar-refractivity contribution is 7.16. The van der Waals surface area contributed by atoms with Crippen molar-refractivity contribution in [3.8, 4) is 0 Å². The molecule has 1 rings (SSSR count). The van der Waals surface area contributed by atoms with Crippen molar-refractivity contribution in [2.75, 3.05) is 12.8 Å². The van der Waals surface area contributed by atoms with Crippen molar-refractivity contribution in [2.24, 2.45) is 0 Å². The van der Waals surface area contributed by atoms with E-state index in [4.69, 9.17) is 9.84 Å². The van der Waals surface area contributed by atoms with Crippen molar-refractivity contribution >= 4 is 9.24 Å². The van der Waals surface area contributed by atoms with Crippen molar-refractivity contribution in [3.05, 3.63) is 0 Å². The minimum atomic E-state index is -0.684. The van der Waals surface area contributed by atoms with Crippen molar-refractivity contribution in [2.45, 2.75) is 31.2 Å². The van der Waals surface area contributed by atoms with E-state index in [1.54, 1.807) is 0 Å². The van der Waals surface area contributed by atoms with E-state index < -0.39 is 12.2 Å². The molecule has 0 spiro atoms. The molecule has 0 saturated carbocycles. The van der Waals surface area contributed by atoms with E-state index in [9.17, 15) is 5.11 Å². The number of aliphatic hydroxyl groups excluding tert-OH is 2. The Morgan fingerprint density at radius 2 is 2.09 bits per heavy atom. The van der Waals surface area contributed by atoms with Crippen LogP contribution in [-0.2, 0) is 4.74 Å². The fraction of sp³-hybridized carbons (Fsp3) is 1.00. The van der Waals surface area contributed by atoms with Crippen LogP contribution in [0.5, 0.6) is 0 Å². The molecule has 66 valence electrons. The van der Waals surface area contributed by atoms with Gasteiger partial charge in [0.15, 0.2) is 0 Å². The molecule has 0 aliphatic carbocycles. The fourth-order valence-corrected chi connectivity index (χ4v) is 1.60. The van der Waals surface area contributed by atoms with Crippen molar-refractivity contribution in [1.29, 1.82) is 0 Å². The second-order valence-corrected chi connectivity index (χ2v) is 3.48. The van der Waals surface area contributed by atoms with E-state index in [0.29, 0.717) is 6.42 Å². The molecular weight excluding hydrogens is 163 g/mol. The van der Waals surface area contributed by atoms with E-state index in [1.165, 1.54) is 0 Å². The van der Waals surface area contributed by atoms with Crippen LogP contribution < -0.4 is 0 Å². The summed E-state index contributed by atoms with van der Waals surface area (Å²) in [4.78, 5) is 0. The molecule has 2 N–H and O–H groups in total. The Morgan fingerprint density at radius 3 is 2.64 bits per heavy atom. The maximum atomic E-state index is 9.24. The van der Waals surface area contributed by atoms with Crippen LogP contribution in [-0.4, -0.2) is 41.3 Å². The zero-order chi connectivity index (χ0) is 8.27. The molecule has 1 aliphatic heterocycles. The number of hydrogen-bond acceptors (Lipinski definition) is 3. The average molecular weight is 178 g/mol. The summed E-state index contributed by atoms with van der Waals surface area (Å²) in [5.74, 6) is 0. The average Bonchev–Trinajstić information content (AvgIpc) is 1.98. The van der Waals surface area contributed by atoms with Crippen molar-refractivity contribution in [3.63, 3.8) is 0 Å². The van der Waals surface area contributed by atoms with Gasteiger partial charge in [0.2, 0.25) is 0 Å². The maximum Gasteiger partial charge on any atom is 0.103 e. The second-order valence-electron chi connectivity index (χ2n) is 2.90. The molecule has 1 saturated heterocycles. The van der Waals surface area contributed by atoms with Crippen LogP contribution in [0, 0.1) is 0 Å². The Morgan fingerprint density at radius 1 is 1.36 bits per heavy atom. The highest BCUT2D eigenvalue weighted by Gasteiger charge is 2.27. The summed E-state index contributed by atoms with van der Waals surface area (Å²) in [6.07, 6.45) is 1.34. The molecule has 0 aromatic rings. The summed E-state index contributed by atoms with van der Waals surface area (Å²) in [5.41, 5.74) is 0. The van der Waals surface area contributed by atoms with Gasteiger partial charge in [0.1, 0.15) is 6.10 Å². The Bertz CT molecular complexity index is 120. The predicted octanol–water partition coefficient (Wildman–Crippen LogP) is -0.238. The molecule has 0 aromatic heterocycles. The standard InChI is InChI=1S/C7H15O3P/c8-6-3-5(1-2-11)10-4-7(6)9/h5-9H,1-4,11H2/t5-,6+,7-/m1/s1. The van der Waals surface area contributed by atoms with E-state index >= 15 is 0 Å². The van der Waals surface area contributed by atoms with E-state index in [-0.39, 0.29) is 12.7 Å². The van der Waals surface area contributed by atoms with Gasteiger partial charge in [-0.1, -0.05) is 0 Å². The molecule has 0 bridgehead atoms. The molecule has 11 heavy (non-hydrogen) atoms. The highest BCUT2D eigenvalue weighted by Crippen LogP contribution is 2.17. The van der Waals surface area contributed by atoms with Crippen LogP contribution in [0.25, 0.3) is 0 Å². The van der Waals surface area contributed by atoms with Crippen molar-refractivity contribution < 1.29 is 14.9 Å². The summed E-state index contributed by atoms with van der Waals surface area (Å²) in [6, 6.07) is 0. The lowest BCUT2D eigenvalue weighted by Gasteiger charge is -2.30. The van der Waals surface area contributed by atoms with Crippen LogP contribution >= 0.6 is 9.24 Å². The molecule has 1 unspecified atom stereocenters. The van der Waals surface area contributed by atoms with Gasteiger partial charge in [-0.2, -0.15) is 0 Å². The Balaban J connectivity index is 2.28. The van der Waals surface area contributed by atoms with Gasteiger partial charge >= 0.3 is 0 Å². The fourth-order valence-electron chi connectivity index (χ4n) is 1.23. The van der Waals surface area contributed by atoms with Crippen LogP contribution in [0.15, 0.2) is 0 Å². The third kappa shape index (κ3) is 2.68.